The van der Waals surface area contributed by atoms with Gasteiger partial charge in [0.1, 0.15) is 6.10 Å². The number of rotatable bonds is 4. The van der Waals surface area contributed by atoms with Gasteiger partial charge < -0.3 is 21.3 Å². The van der Waals surface area contributed by atoms with E-state index < -0.39 is 23.9 Å². The molecule has 0 saturated heterocycles. The quantitative estimate of drug-likeness (QED) is 0.609. The van der Waals surface area contributed by atoms with Gasteiger partial charge in [-0.25, -0.2) is 0 Å². The average Bonchev–Trinajstić information content (AvgIpc) is 2.26. The molecule has 7 heteroatoms. The number of aliphatic hydroxyl groups excluding tert-OH is 2. The summed E-state index contributed by atoms with van der Waals surface area (Å²) < 4.78 is 37.6. The number of halogens is 3. The maximum absolute atomic E-state index is 12.5. The standard InChI is InChI=1S/C11H15F3N2O2/c1-16-5-9(17)10(18)6-2-7(11(12,13)14)4-8(15)3-6/h2-4,9-10,16-18H,5,15H2,1H3. The highest BCUT2D eigenvalue weighted by molar-refractivity contribution is 5.46. The summed E-state index contributed by atoms with van der Waals surface area (Å²) in [5, 5.41) is 21.9. The van der Waals surface area contributed by atoms with Crippen LogP contribution in [0.2, 0.25) is 0 Å². The molecule has 4 nitrogen and oxygen atoms in total. The van der Waals surface area contributed by atoms with Crippen LogP contribution in [-0.4, -0.2) is 29.9 Å². The third kappa shape index (κ3) is 3.59. The fraction of sp³-hybridized carbons (Fsp3) is 0.455. The molecular formula is C11H15F3N2O2. The van der Waals surface area contributed by atoms with Gasteiger partial charge in [0, 0.05) is 12.2 Å². The number of likely N-dealkylation sites (N-methyl/N-ethyl adjacent to an activating group) is 1. The van der Waals surface area contributed by atoms with Gasteiger partial charge >= 0.3 is 6.18 Å². The molecule has 2 atom stereocenters. The predicted octanol–water partition coefficient (Wildman–Crippen LogP) is 0.901. The molecule has 2 unspecified atom stereocenters. The van der Waals surface area contributed by atoms with Crippen LogP contribution in [0.5, 0.6) is 0 Å². The van der Waals surface area contributed by atoms with Crippen molar-refractivity contribution in [3.8, 4) is 0 Å². The maximum Gasteiger partial charge on any atom is 0.416 e. The fourth-order valence-corrected chi connectivity index (χ4v) is 1.55. The van der Waals surface area contributed by atoms with Gasteiger partial charge in [-0.05, 0) is 30.8 Å². The second kappa shape index (κ2) is 5.55. The van der Waals surface area contributed by atoms with Crippen molar-refractivity contribution in [2.24, 2.45) is 0 Å². The number of aliphatic hydroxyl groups is 2. The first-order chi connectivity index (χ1) is 8.25. The summed E-state index contributed by atoms with van der Waals surface area (Å²) in [4.78, 5) is 0. The van der Waals surface area contributed by atoms with Crippen molar-refractivity contribution >= 4 is 5.69 Å². The van der Waals surface area contributed by atoms with Crippen molar-refractivity contribution in [2.45, 2.75) is 18.4 Å². The molecule has 0 aliphatic rings. The van der Waals surface area contributed by atoms with E-state index in [9.17, 15) is 23.4 Å². The van der Waals surface area contributed by atoms with E-state index in [1.165, 1.54) is 6.07 Å². The molecule has 0 aliphatic carbocycles. The molecule has 0 aliphatic heterocycles. The number of alkyl halides is 3. The minimum absolute atomic E-state index is 0.0529. The highest BCUT2D eigenvalue weighted by atomic mass is 19.4. The average molecular weight is 264 g/mol. The summed E-state index contributed by atoms with van der Waals surface area (Å²) in [6, 6.07) is 2.76. The summed E-state index contributed by atoms with van der Waals surface area (Å²) in [7, 11) is 1.55. The number of nitrogens with one attached hydrogen (secondary N) is 1. The molecule has 1 aromatic rings. The summed E-state index contributed by atoms with van der Waals surface area (Å²) in [6.07, 6.45) is -7.18. The van der Waals surface area contributed by atoms with Crippen molar-refractivity contribution in [3.63, 3.8) is 0 Å². The Hall–Kier alpha value is -1.31. The van der Waals surface area contributed by atoms with E-state index in [4.69, 9.17) is 5.73 Å². The van der Waals surface area contributed by atoms with Crippen molar-refractivity contribution in [3.05, 3.63) is 29.3 Å². The smallest absolute Gasteiger partial charge is 0.399 e. The van der Waals surface area contributed by atoms with Crippen molar-refractivity contribution in [1.82, 2.24) is 5.32 Å². The van der Waals surface area contributed by atoms with Gasteiger partial charge in [-0.15, -0.1) is 0 Å². The van der Waals surface area contributed by atoms with Crippen LogP contribution in [0.3, 0.4) is 0 Å². The summed E-state index contributed by atoms with van der Waals surface area (Å²) >= 11 is 0. The molecular weight excluding hydrogens is 249 g/mol. The van der Waals surface area contributed by atoms with Crippen molar-refractivity contribution in [2.75, 3.05) is 19.3 Å². The zero-order valence-corrected chi connectivity index (χ0v) is 9.70. The van der Waals surface area contributed by atoms with E-state index in [0.717, 1.165) is 12.1 Å². The summed E-state index contributed by atoms with van der Waals surface area (Å²) in [5.41, 5.74) is 4.23. The maximum atomic E-state index is 12.5. The third-order valence-electron chi connectivity index (χ3n) is 2.42. The first-order valence-corrected chi connectivity index (χ1v) is 5.24. The molecule has 0 fully saturated rings. The van der Waals surface area contributed by atoms with Crippen LogP contribution >= 0.6 is 0 Å². The van der Waals surface area contributed by atoms with E-state index in [-0.39, 0.29) is 17.8 Å². The Morgan fingerprint density at radius 3 is 2.39 bits per heavy atom. The molecule has 0 amide bonds. The molecule has 0 bridgehead atoms. The van der Waals surface area contributed by atoms with E-state index in [1.54, 1.807) is 7.05 Å². The van der Waals surface area contributed by atoms with Crippen LogP contribution in [0.1, 0.15) is 17.2 Å². The molecule has 1 aromatic carbocycles. The van der Waals surface area contributed by atoms with Crippen LogP contribution in [0, 0.1) is 0 Å². The Labute approximate surface area is 102 Å². The number of hydrogen-bond donors (Lipinski definition) is 4. The van der Waals surface area contributed by atoms with Crippen molar-refractivity contribution < 1.29 is 23.4 Å². The number of nitrogen functional groups attached to an aromatic ring is 1. The largest absolute Gasteiger partial charge is 0.416 e. The van der Waals surface area contributed by atoms with Crippen LogP contribution in [-0.2, 0) is 6.18 Å². The minimum Gasteiger partial charge on any atom is -0.399 e. The number of anilines is 1. The number of benzene rings is 1. The first-order valence-electron chi connectivity index (χ1n) is 5.24. The molecule has 18 heavy (non-hydrogen) atoms. The molecule has 0 saturated carbocycles. The van der Waals surface area contributed by atoms with Crippen LogP contribution in [0.15, 0.2) is 18.2 Å². The Morgan fingerprint density at radius 2 is 1.89 bits per heavy atom. The molecule has 0 aromatic heterocycles. The lowest BCUT2D eigenvalue weighted by Crippen LogP contribution is -2.29. The van der Waals surface area contributed by atoms with E-state index >= 15 is 0 Å². The number of nitrogens with two attached hydrogens (primary N) is 1. The van der Waals surface area contributed by atoms with Crippen LogP contribution in [0.4, 0.5) is 18.9 Å². The van der Waals surface area contributed by atoms with Gasteiger partial charge in [0.15, 0.2) is 0 Å². The zero-order chi connectivity index (χ0) is 13.9. The molecule has 0 radical (unpaired) electrons. The SMILES string of the molecule is CNCC(O)C(O)c1cc(N)cc(C(F)(F)F)c1. The molecule has 1 rings (SSSR count). The summed E-state index contributed by atoms with van der Waals surface area (Å²) in [6.45, 7) is 0.0529. The van der Waals surface area contributed by atoms with E-state index in [1.807, 2.05) is 0 Å². The highest BCUT2D eigenvalue weighted by Crippen LogP contribution is 2.33. The van der Waals surface area contributed by atoms with Gasteiger partial charge in [-0.1, -0.05) is 0 Å². The van der Waals surface area contributed by atoms with Gasteiger partial charge in [0.25, 0.3) is 0 Å². The normalized spacial score (nSPS) is 15.4. The van der Waals surface area contributed by atoms with Crippen LogP contribution < -0.4 is 11.1 Å². The lowest BCUT2D eigenvalue weighted by Gasteiger charge is -2.19. The van der Waals surface area contributed by atoms with Gasteiger partial charge in [-0.2, -0.15) is 13.2 Å². The Bertz CT molecular complexity index is 410. The second-order valence-corrected chi connectivity index (χ2v) is 3.96. The fourth-order valence-electron chi connectivity index (χ4n) is 1.55. The number of hydrogen-bond acceptors (Lipinski definition) is 4. The first kappa shape index (κ1) is 14.7. The van der Waals surface area contributed by atoms with Gasteiger partial charge in [0.05, 0.1) is 11.7 Å². The van der Waals surface area contributed by atoms with Crippen LogP contribution in [0.25, 0.3) is 0 Å². The summed E-state index contributed by atoms with van der Waals surface area (Å²) in [5.74, 6) is 0. The zero-order valence-electron chi connectivity index (χ0n) is 9.70. The van der Waals surface area contributed by atoms with Gasteiger partial charge in [0.2, 0.25) is 0 Å². The monoisotopic (exact) mass is 264 g/mol. The Kier molecular flexibility index (Phi) is 4.55. The highest BCUT2D eigenvalue weighted by Gasteiger charge is 2.32. The molecule has 0 heterocycles. The molecule has 5 N–H and O–H groups in total. The third-order valence-corrected chi connectivity index (χ3v) is 2.42. The van der Waals surface area contributed by atoms with E-state index in [0.29, 0.717) is 0 Å². The lowest BCUT2D eigenvalue weighted by molar-refractivity contribution is -0.137. The van der Waals surface area contributed by atoms with Gasteiger partial charge in [-0.3, -0.25) is 0 Å². The van der Waals surface area contributed by atoms with E-state index in [2.05, 4.69) is 5.32 Å². The second-order valence-electron chi connectivity index (χ2n) is 3.96. The minimum atomic E-state index is -4.54. The topological polar surface area (TPSA) is 78.5 Å². The Balaban J connectivity index is 3.06. The Morgan fingerprint density at radius 1 is 1.28 bits per heavy atom. The molecule has 0 spiro atoms. The molecule has 102 valence electrons. The predicted molar refractivity (Wildman–Crippen MR) is 60.7 cm³/mol. The van der Waals surface area contributed by atoms with Crippen molar-refractivity contribution in [1.29, 1.82) is 0 Å². The lowest BCUT2D eigenvalue weighted by atomic mass is 10.0.